The SMILES string of the molecule is CC1(C(=O)Nc2ncn[nH]2)CCCN1C(=O)OCc1ccccc1. The highest BCUT2D eigenvalue weighted by Gasteiger charge is 2.46. The number of nitrogens with zero attached hydrogens (tertiary/aromatic N) is 3. The van der Waals surface area contributed by atoms with E-state index < -0.39 is 11.6 Å². The fourth-order valence-corrected chi connectivity index (χ4v) is 2.80. The van der Waals surface area contributed by atoms with Gasteiger partial charge in [-0.3, -0.25) is 15.0 Å². The van der Waals surface area contributed by atoms with Gasteiger partial charge in [0.1, 0.15) is 18.5 Å². The first-order chi connectivity index (χ1) is 11.6. The normalized spacial score (nSPS) is 20.0. The molecule has 24 heavy (non-hydrogen) atoms. The molecule has 1 atom stereocenters. The van der Waals surface area contributed by atoms with Gasteiger partial charge in [0, 0.05) is 6.54 Å². The maximum Gasteiger partial charge on any atom is 0.410 e. The maximum absolute atomic E-state index is 12.6. The number of likely N-dealkylation sites (tertiary alicyclic amines) is 1. The molecular weight excluding hydrogens is 310 g/mol. The number of aromatic amines is 1. The third kappa shape index (κ3) is 3.22. The molecule has 1 aliphatic rings. The Balaban J connectivity index is 1.65. The van der Waals surface area contributed by atoms with Gasteiger partial charge in [-0.05, 0) is 25.3 Å². The Morgan fingerprint density at radius 2 is 2.17 bits per heavy atom. The van der Waals surface area contributed by atoms with Crippen LogP contribution in [-0.4, -0.2) is 44.2 Å². The Morgan fingerprint density at radius 1 is 1.38 bits per heavy atom. The molecule has 2 aromatic rings. The van der Waals surface area contributed by atoms with Gasteiger partial charge in [-0.15, -0.1) is 0 Å². The number of hydrogen-bond acceptors (Lipinski definition) is 5. The van der Waals surface area contributed by atoms with E-state index in [2.05, 4.69) is 20.5 Å². The van der Waals surface area contributed by atoms with E-state index in [0.29, 0.717) is 13.0 Å². The minimum Gasteiger partial charge on any atom is -0.445 e. The fraction of sp³-hybridized carbons (Fsp3) is 0.375. The summed E-state index contributed by atoms with van der Waals surface area (Å²) in [5.74, 6) is -0.0564. The topological polar surface area (TPSA) is 100 Å². The molecule has 2 N–H and O–H groups in total. The molecule has 0 spiro atoms. The van der Waals surface area contributed by atoms with Gasteiger partial charge >= 0.3 is 6.09 Å². The number of amides is 2. The molecule has 3 rings (SSSR count). The van der Waals surface area contributed by atoms with Crippen molar-refractivity contribution in [1.82, 2.24) is 20.1 Å². The molecule has 0 bridgehead atoms. The summed E-state index contributed by atoms with van der Waals surface area (Å²) >= 11 is 0. The Bertz CT molecular complexity index is 704. The largest absolute Gasteiger partial charge is 0.445 e. The second kappa shape index (κ2) is 6.69. The van der Waals surface area contributed by atoms with Gasteiger partial charge in [0.2, 0.25) is 5.95 Å². The van der Waals surface area contributed by atoms with Crippen LogP contribution in [0.5, 0.6) is 0 Å². The van der Waals surface area contributed by atoms with Crippen LogP contribution in [0, 0.1) is 0 Å². The highest BCUT2D eigenvalue weighted by atomic mass is 16.6. The van der Waals surface area contributed by atoms with Crippen molar-refractivity contribution in [3.05, 3.63) is 42.2 Å². The first-order valence-electron chi connectivity index (χ1n) is 7.75. The van der Waals surface area contributed by atoms with Gasteiger partial charge in [-0.2, -0.15) is 10.1 Å². The van der Waals surface area contributed by atoms with E-state index in [4.69, 9.17) is 4.74 Å². The fourth-order valence-electron chi connectivity index (χ4n) is 2.80. The van der Waals surface area contributed by atoms with Gasteiger partial charge in [0.15, 0.2) is 0 Å². The molecule has 1 aliphatic heterocycles. The second-order valence-corrected chi connectivity index (χ2v) is 5.86. The lowest BCUT2D eigenvalue weighted by atomic mass is 9.98. The predicted octanol–water partition coefficient (Wildman–Crippen LogP) is 1.93. The van der Waals surface area contributed by atoms with Crippen LogP contribution in [0.2, 0.25) is 0 Å². The maximum atomic E-state index is 12.6. The Hall–Kier alpha value is -2.90. The standard InChI is InChI=1S/C16H19N5O3/c1-16(13(22)19-14-17-11-18-20-14)8-5-9-21(16)15(23)24-10-12-6-3-2-4-7-12/h2-4,6-7,11H,5,8-10H2,1H3,(H2,17,18,19,20,22). The smallest absolute Gasteiger partial charge is 0.410 e. The lowest BCUT2D eigenvalue weighted by molar-refractivity contribution is -0.125. The minimum absolute atomic E-state index is 0.177. The van der Waals surface area contributed by atoms with Crippen molar-refractivity contribution < 1.29 is 14.3 Å². The average molecular weight is 329 g/mol. The number of carbonyl (C=O) groups is 2. The Kier molecular flexibility index (Phi) is 4.45. The Morgan fingerprint density at radius 3 is 2.88 bits per heavy atom. The predicted molar refractivity (Wildman–Crippen MR) is 86.0 cm³/mol. The van der Waals surface area contributed by atoms with E-state index in [-0.39, 0.29) is 18.5 Å². The van der Waals surface area contributed by atoms with Crippen molar-refractivity contribution in [2.75, 3.05) is 11.9 Å². The summed E-state index contributed by atoms with van der Waals surface area (Å²) < 4.78 is 5.36. The van der Waals surface area contributed by atoms with Gasteiger partial charge in [-0.25, -0.2) is 9.89 Å². The number of ether oxygens (including phenoxy) is 1. The summed E-state index contributed by atoms with van der Waals surface area (Å²) in [6.07, 6.45) is 2.11. The lowest BCUT2D eigenvalue weighted by Gasteiger charge is -2.32. The zero-order valence-corrected chi connectivity index (χ0v) is 13.4. The molecule has 0 aliphatic carbocycles. The zero-order chi connectivity index (χ0) is 17.0. The average Bonchev–Trinajstić information content (AvgIpc) is 3.24. The highest BCUT2D eigenvalue weighted by Crippen LogP contribution is 2.30. The highest BCUT2D eigenvalue weighted by molar-refractivity contribution is 5.98. The van der Waals surface area contributed by atoms with E-state index in [1.807, 2.05) is 30.3 Å². The quantitative estimate of drug-likeness (QED) is 0.893. The molecule has 1 unspecified atom stereocenters. The van der Waals surface area contributed by atoms with E-state index in [9.17, 15) is 9.59 Å². The summed E-state index contributed by atoms with van der Waals surface area (Å²) in [7, 11) is 0. The number of nitrogens with one attached hydrogen (secondary N) is 2. The molecule has 0 radical (unpaired) electrons. The number of H-pyrrole nitrogens is 1. The first kappa shape index (κ1) is 16.0. The van der Waals surface area contributed by atoms with Crippen LogP contribution in [0.4, 0.5) is 10.7 Å². The molecule has 1 saturated heterocycles. The number of carbonyl (C=O) groups excluding carboxylic acids is 2. The summed E-state index contributed by atoms with van der Waals surface area (Å²) in [5, 5.41) is 8.90. The molecule has 2 amide bonds. The molecule has 1 aromatic heterocycles. The number of benzene rings is 1. The molecular formula is C16H19N5O3. The molecule has 1 fully saturated rings. The third-order valence-electron chi connectivity index (χ3n) is 4.20. The molecule has 1 aromatic carbocycles. The van der Waals surface area contributed by atoms with Gasteiger partial charge in [0.05, 0.1) is 0 Å². The van der Waals surface area contributed by atoms with Crippen molar-refractivity contribution in [2.45, 2.75) is 31.9 Å². The Labute approximate surface area is 139 Å². The van der Waals surface area contributed by atoms with E-state index in [1.54, 1.807) is 6.92 Å². The number of aromatic nitrogens is 3. The summed E-state index contributed by atoms with van der Waals surface area (Å²) in [6.45, 7) is 2.39. The lowest BCUT2D eigenvalue weighted by Crippen LogP contribution is -2.53. The van der Waals surface area contributed by atoms with Crippen molar-refractivity contribution in [2.24, 2.45) is 0 Å². The van der Waals surface area contributed by atoms with E-state index in [0.717, 1.165) is 12.0 Å². The van der Waals surface area contributed by atoms with Crippen molar-refractivity contribution >= 4 is 17.9 Å². The van der Waals surface area contributed by atoms with Gasteiger partial charge in [0.25, 0.3) is 5.91 Å². The second-order valence-electron chi connectivity index (χ2n) is 5.86. The molecule has 8 nitrogen and oxygen atoms in total. The monoisotopic (exact) mass is 329 g/mol. The van der Waals surface area contributed by atoms with Crippen LogP contribution in [0.25, 0.3) is 0 Å². The minimum atomic E-state index is -0.972. The molecule has 126 valence electrons. The van der Waals surface area contributed by atoms with Crippen molar-refractivity contribution in [3.63, 3.8) is 0 Å². The van der Waals surface area contributed by atoms with Crippen LogP contribution >= 0.6 is 0 Å². The number of hydrogen-bond donors (Lipinski definition) is 2. The van der Waals surface area contributed by atoms with Crippen LogP contribution in [-0.2, 0) is 16.1 Å². The van der Waals surface area contributed by atoms with E-state index >= 15 is 0 Å². The zero-order valence-electron chi connectivity index (χ0n) is 13.4. The number of rotatable bonds is 4. The molecule has 2 heterocycles. The van der Waals surface area contributed by atoms with Crippen LogP contribution in [0.15, 0.2) is 36.7 Å². The van der Waals surface area contributed by atoms with Crippen LogP contribution < -0.4 is 5.32 Å². The third-order valence-corrected chi connectivity index (χ3v) is 4.20. The first-order valence-corrected chi connectivity index (χ1v) is 7.75. The number of anilines is 1. The van der Waals surface area contributed by atoms with Crippen molar-refractivity contribution in [1.29, 1.82) is 0 Å². The molecule has 0 saturated carbocycles. The van der Waals surface area contributed by atoms with E-state index in [1.165, 1.54) is 11.2 Å². The van der Waals surface area contributed by atoms with Gasteiger partial charge < -0.3 is 4.74 Å². The van der Waals surface area contributed by atoms with Gasteiger partial charge in [-0.1, -0.05) is 30.3 Å². The molecule has 8 heteroatoms. The van der Waals surface area contributed by atoms with Crippen LogP contribution in [0.3, 0.4) is 0 Å². The van der Waals surface area contributed by atoms with Crippen LogP contribution in [0.1, 0.15) is 25.3 Å². The summed E-state index contributed by atoms with van der Waals surface area (Å²) in [6, 6.07) is 9.43. The summed E-state index contributed by atoms with van der Waals surface area (Å²) in [4.78, 5) is 30.3. The van der Waals surface area contributed by atoms with Crippen molar-refractivity contribution in [3.8, 4) is 0 Å². The summed E-state index contributed by atoms with van der Waals surface area (Å²) in [5.41, 5.74) is -0.0709.